The number of ether oxygens (including phenoxy) is 3. The number of hydrogen-bond acceptors (Lipinski definition) is 8. The summed E-state index contributed by atoms with van der Waals surface area (Å²) in [6.07, 6.45) is 0. The van der Waals surface area contributed by atoms with Crippen LogP contribution >= 0.6 is 11.3 Å². The molecule has 0 saturated heterocycles. The molecular weight excluding hydrogens is 396 g/mol. The molecule has 3 rings (SSSR count). The largest absolute Gasteiger partial charge is 0.496 e. The highest BCUT2D eigenvalue weighted by Crippen LogP contribution is 2.25. The number of aryl methyl sites for hydroxylation is 1. The Morgan fingerprint density at radius 3 is 2.72 bits per heavy atom. The maximum atomic E-state index is 12.4. The Bertz CT molecular complexity index is 1030. The van der Waals surface area contributed by atoms with Crippen LogP contribution in [0.5, 0.6) is 11.5 Å². The van der Waals surface area contributed by atoms with Crippen molar-refractivity contribution < 1.29 is 23.9 Å². The van der Waals surface area contributed by atoms with Crippen molar-refractivity contribution in [1.82, 2.24) is 4.98 Å². The smallest absolute Gasteiger partial charge is 0.338 e. The van der Waals surface area contributed by atoms with E-state index in [9.17, 15) is 14.9 Å². The van der Waals surface area contributed by atoms with E-state index in [1.54, 1.807) is 35.6 Å². The summed E-state index contributed by atoms with van der Waals surface area (Å²) in [7, 11) is 1.44. The zero-order valence-electron chi connectivity index (χ0n) is 15.8. The quantitative estimate of drug-likeness (QED) is 0.308. The summed E-state index contributed by atoms with van der Waals surface area (Å²) in [5, 5.41) is 13.8. The first kappa shape index (κ1) is 20.3. The summed E-state index contributed by atoms with van der Waals surface area (Å²) in [6, 6.07) is 10.7. The molecule has 0 aliphatic heterocycles. The number of hydrogen-bond donors (Lipinski definition) is 0. The van der Waals surface area contributed by atoms with Crippen LogP contribution in [0.2, 0.25) is 0 Å². The highest BCUT2D eigenvalue weighted by molar-refractivity contribution is 7.09. The SMILES string of the molecule is COc1ccc([N+](=O)[O-])cc1COC(=O)c1cccc(OCc2csc(C)n2)c1. The van der Waals surface area contributed by atoms with E-state index in [2.05, 4.69) is 4.98 Å². The number of non-ortho nitro benzene ring substituents is 1. The number of nitro benzene ring substituents is 1. The molecule has 2 aromatic carbocycles. The molecule has 8 nitrogen and oxygen atoms in total. The van der Waals surface area contributed by atoms with E-state index in [1.807, 2.05) is 12.3 Å². The average molecular weight is 414 g/mol. The van der Waals surface area contributed by atoms with E-state index in [1.165, 1.54) is 25.3 Å². The maximum Gasteiger partial charge on any atom is 0.338 e. The monoisotopic (exact) mass is 414 g/mol. The van der Waals surface area contributed by atoms with Crippen molar-refractivity contribution >= 4 is 23.0 Å². The molecule has 0 spiro atoms. The molecule has 0 atom stereocenters. The fourth-order valence-electron chi connectivity index (χ4n) is 2.56. The van der Waals surface area contributed by atoms with Crippen LogP contribution in [0.1, 0.15) is 26.6 Å². The molecule has 0 bridgehead atoms. The number of nitro groups is 1. The summed E-state index contributed by atoms with van der Waals surface area (Å²) in [4.78, 5) is 27.2. The standard InChI is InChI=1S/C20H18N2O6S/c1-13-21-16(12-29-13)11-27-18-5-3-4-14(9-18)20(23)28-10-15-8-17(22(24)25)6-7-19(15)26-2/h3-9,12H,10-11H2,1-2H3. The molecule has 0 aliphatic rings. The van der Waals surface area contributed by atoms with Gasteiger partial charge in [0.25, 0.3) is 5.69 Å². The molecule has 1 heterocycles. The van der Waals surface area contributed by atoms with Crippen molar-refractivity contribution in [2.75, 3.05) is 7.11 Å². The van der Waals surface area contributed by atoms with Crippen molar-refractivity contribution in [3.05, 3.63) is 79.8 Å². The van der Waals surface area contributed by atoms with Crippen LogP contribution in [0.4, 0.5) is 5.69 Å². The van der Waals surface area contributed by atoms with Gasteiger partial charge in [0, 0.05) is 23.1 Å². The summed E-state index contributed by atoms with van der Waals surface area (Å²) in [5.41, 5.74) is 1.42. The van der Waals surface area contributed by atoms with Crippen molar-refractivity contribution in [1.29, 1.82) is 0 Å². The van der Waals surface area contributed by atoms with Gasteiger partial charge in [-0.1, -0.05) is 6.07 Å². The van der Waals surface area contributed by atoms with Crippen molar-refractivity contribution in [2.45, 2.75) is 20.1 Å². The number of esters is 1. The van der Waals surface area contributed by atoms with Gasteiger partial charge < -0.3 is 14.2 Å². The summed E-state index contributed by atoms with van der Waals surface area (Å²) >= 11 is 1.54. The second-order valence-electron chi connectivity index (χ2n) is 6.00. The minimum absolute atomic E-state index is 0.107. The lowest BCUT2D eigenvalue weighted by molar-refractivity contribution is -0.385. The number of benzene rings is 2. The minimum Gasteiger partial charge on any atom is -0.496 e. The Labute approximate surface area is 170 Å². The Morgan fingerprint density at radius 2 is 2.03 bits per heavy atom. The van der Waals surface area contributed by atoms with Crippen LogP contribution in [-0.4, -0.2) is 23.0 Å². The Balaban J connectivity index is 1.65. The van der Waals surface area contributed by atoms with Gasteiger partial charge >= 0.3 is 5.97 Å². The van der Waals surface area contributed by atoms with Gasteiger partial charge in [-0.3, -0.25) is 10.1 Å². The van der Waals surface area contributed by atoms with E-state index in [-0.39, 0.29) is 12.3 Å². The number of aromatic nitrogens is 1. The molecule has 9 heteroatoms. The Hall–Kier alpha value is -3.46. The van der Waals surface area contributed by atoms with E-state index in [4.69, 9.17) is 14.2 Å². The molecule has 0 aliphatic carbocycles. The third kappa shape index (κ3) is 5.29. The normalized spacial score (nSPS) is 10.4. The summed E-state index contributed by atoms with van der Waals surface area (Å²) in [5.74, 6) is 0.339. The third-order valence-electron chi connectivity index (χ3n) is 3.96. The lowest BCUT2D eigenvalue weighted by atomic mass is 10.2. The van der Waals surface area contributed by atoms with Gasteiger partial charge in [-0.25, -0.2) is 9.78 Å². The second kappa shape index (κ2) is 9.16. The summed E-state index contributed by atoms with van der Waals surface area (Å²) < 4.78 is 16.2. The number of nitrogens with zero attached hydrogens (tertiary/aromatic N) is 2. The van der Waals surface area contributed by atoms with Crippen LogP contribution in [0.3, 0.4) is 0 Å². The van der Waals surface area contributed by atoms with E-state index >= 15 is 0 Å². The fraction of sp³-hybridized carbons (Fsp3) is 0.200. The van der Waals surface area contributed by atoms with Crippen LogP contribution in [-0.2, 0) is 18.0 Å². The molecule has 0 unspecified atom stereocenters. The van der Waals surface area contributed by atoms with Gasteiger partial charge in [0.1, 0.15) is 24.7 Å². The van der Waals surface area contributed by atoms with Crippen molar-refractivity contribution in [2.24, 2.45) is 0 Å². The van der Waals surface area contributed by atoms with Crippen LogP contribution in [0.25, 0.3) is 0 Å². The topological polar surface area (TPSA) is 101 Å². The minimum atomic E-state index is -0.575. The molecule has 0 fully saturated rings. The first-order chi connectivity index (χ1) is 14.0. The van der Waals surface area contributed by atoms with Gasteiger partial charge in [-0.05, 0) is 31.2 Å². The number of methoxy groups -OCH3 is 1. The van der Waals surface area contributed by atoms with Gasteiger partial charge in [0.2, 0.25) is 0 Å². The molecule has 29 heavy (non-hydrogen) atoms. The van der Waals surface area contributed by atoms with Crippen molar-refractivity contribution in [3.63, 3.8) is 0 Å². The zero-order valence-corrected chi connectivity index (χ0v) is 16.6. The number of carbonyl (C=O) groups is 1. The van der Waals surface area contributed by atoms with Crippen LogP contribution < -0.4 is 9.47 Å². The molecule has 0 N–H and O–H groups in total. The van der Waals surface area contributed by atoms with Crippen LogP contribution in [0.15, 0.2) is 47.8 Å². The highest BCUT2D eigenvalue weighted by Gasteiger charge is 2.15. The second-order valence-corrected chi connectivity index (χ2v) is 7.07. The van der Waals surface area contributed by atoms with E-state index < -0.39 is 10.9 Å². The molecule has 0 amide bonds. The molecule has 0 saturated carbocycles. The fourth-order valence-corrected chi connectivity index (χ4v) is 3.16. The lowest BCUT2D eigenvalue weighted by Crippen LogP contribution is -2.07. The number of carbonyl (C=O) groups excluding carboxylic acids is 1. The van der Waals surface area contributed by atoms with Gasteiger partial charge in [-0.2, -0.15) is 0 Å². The molecular formula is C20H18N2O6S. The molecule has 150 valence electrons. The number of rotatable bonds is 8. The van der Waals surface area contributed by atoms with E-state index in [0.29, 0.717) is 29.2 Å². The number of thiazole rings is 1. The van der Waals surface area contributed by atoms with Gasteiger partial charge in [0.05, 0.1) is 28.3 Å². The third-order valence-corrected chi connectivity index (χ3v) is 4.78. The molecule has 1 aromatic heterocycles. The molecule has 3 aromatic rings. The zero-order chi connectivity index (χ0) is 20.8. The first-order valence-corrected chi connectivity index (χ1v) is 9.46. The Kier molecular flexibility index (Phi) is 6.40. The average Bonchev–Trinajstić information content (AvgIpc) is 3.15. The highest BCUT2D eigenvalue weighted by atomic mass is 32.1. The predicted octanol–water partition coefficient (Wildman–Crippen LogP) is 4.30. The van der Waals surface area contributed by atoms with E-state index in [0.717, 1.165) is 10.7 Å². The van der Waals surface area contributed by atoms with Crippen molar-refractivity contribution in [3.8, 4) is 11.5 Å². The maximum absolute atomic E-state index is 12.4. The van der Waals surface area contributed by atoms with Crippen LogP contribution in [0, 0.1) is 17.0 Å². The Morgan fingerprint density at radius 1 is 1.21 bits per heavy atom. The van der Waals surface area contributed by atoms with Gasteiger partial charge in [-0.15, -0.1) is 11.3 Å². The molecule has 0 radical (unpaired) electrons. The predicted molar refractivity (Wildman–Crippen MR) is 106 cm³/mol. The van der Waals surface area contributed by atoms with Gasteiger partial charge in [0.15, 0.2) is 0 Å². The lowest BCUT2D eigenvalue weighted by Gasteiger charge is -2.10. The first-order valence-electron chi connectivity index (χ1n) is 8.58. The summed E-state index contributed by atoms with van der Waals surface area (Å²) in [6.45, 7) is 2.06.